The zero-order chi connectivity index (χ0) is 9.68. The van der Waals surface area contributed by atoms with Crippen LogP contribution in [0.2, 0.25) is 0 Å². The summed E-state index contributed by atoms with van der Waals surface area (Å²) in [5.41, 5.74) is 8.93. The Hall–Kier alpha value is -1.24. The Morgan fingerprint density at radius 2 is 2.08 bits per heavy atom. The van der Waals surface area contributed by atoms with Crippen LogP contribution < -0.4 is 5.73 Å². The van der Waals surface area contributed by atoms with E-state index in [0.717, 1.165) is 23.2 Å². The summed E-state index contributed by atoms with van der Waals surface area (Å²) in [6.07, 6.45) is 3.43. The predicted octanol–water partition coefficient (Wildman–Crippen LogP) is 3.47. The minimum atomic E-state index is 0.837. The maximum absolute atomic E-state index is 5.83. The molecular formula is C12H17N. The highest BCUT2D eigenvalue weighted by Crippen LogP contribution is 2.23. The second-order valence-corrected chi connectivity index (χ2v) is 3.29. The number of anilines is 1. The fourth-order valence-corrected chi connectivity index (χ4v) is 1.34. The lowest BCUT2D eigenvalue weighted by atomic mass is 10.0. The molecule has 0 aliphatic heterocycles. The first-order chi connectivity index (χ1) is 6.25. The number of nitrogen functional groups attached to an aromatic ring is 1. The van der Waals surface area contributed by atoms with E-state index in [0.29, 0.717) is 0 Å². The Kier molecular flexibility index (Phi) is 3.56. The van der Waals surface area contributed by atoms with Gasteiger partial charge < -0.3 is 5.73 Å². The molecule has 0 saturated carbocycles. The third-order valence-electron chi connectivity index (χ3n) is 2.17. The van der Waals surface area contributed by atoms with Crippen LogP contribution in [-0.4, -0.2) is 0 Å². The fourth-order valence-electron chi connectivity index (χ4n) is 1.34. The quantitative estimate of drug-likeness (QED) is 0.697. The normalized spacial score (nSPS) is 9.92. The van der Waals surface area contributed by atoms with Gasteiger partial charge in [-0.25, -0.2) is 0 Å². The van der Waals surface area contributed by atoms with Crippen molar-refractivity contribution >= 4 is 11.3 Å². The van der Waals surface area contributed by atoms with Crippen LogP contribution in [0.5, 0.6) is 0 Å². The van der Waals surface area contributed by atoms with Crippen LogP contribution in [0.15, 0.2) is 30.8 Å². The highest BCUT2D eigenvalue weighted by Gasteiger charge is 2.01. The van der Waals surface area contributed by atoms with E-state index < -0.39 is 0 Å². The Morgan fingerprint density at radius 3 is 2.69 bits per heavy atom. The molecule has 0 aliphatic carbocycles. The molecule has 1 heteroatoms. The molecule has 70 valence electrons. The van der Waals surface area contributed by atoms with Crippen molar-refractivity contribution in [3.05, 3.63) is 36.4 Å². The summed E-state index contributed by atoms with van der Waals surface area (Å²) in [6.45, 7) is 6.23. The van der Waals surface area contributed by atoms with Crippen LogP contribution in [0.25, 0.3) is 5.57 Å². The number of nitrogens with two attached hydrogens (primary N) is 1. The number of para-hydroxylation sites is 1. The summed E-state index contributed by atoms with van der Waals surface area (Å²) in [5, 5.41) is 0. The van der Waals surface area contributed by atoms with Gasteiger partial charge in [0.15, 0.2) is 0 Å². The number of hydrogen-bond acceptors (Lipinski definition) is 1. The Morgan fingerprint density at radius 1 is 1.38 bits per heavy atom. The van der Waals surface area contributed by atoms with Gasteiger partial charge in [0.25, 0.3) is 0 Å². The van der Waals surface area contributed by atoms with Crippen molar-refractivity contribution in [2.45, 2.75) is 26.2 Å². The van der Waals surface area contributed by atoms with Gasteiger partial charge in [-0.15, -0.1) is 0 Å². The minimum absolute atomic E-state index is 0.837. The number of hydrogen-bond donors (Lipinski definition) is 1. The maximum Gasteiger partial charge on any atom is 0.0390 e. The molecule has 0 bridgehead atoms. The van der Waals surface area contributed by atoms with Crippen LogP contribution in [0.3, 0.4) is 0 Å². The van der Waals surface area contributed by atoms with Gasteiger partial charge in [-0.3, -0.25) is 0 Å². The smallest absolute Gasteiger partial charge is 0.0390 e. The molecule has 0 aliphatic rings. The van der Waals surface area contributed by atoms with E-state index in [9.17, 15) is 0 Å². The molecule has 1 rings (SSSR count). The van der Waals surface area contributed by atoms with Crippen LogP contribution in [0.4, 0.5) is 5.69 Å². The second-order valence-electron chi connectivity index (χ2n) is 3.29. The van der Waals surface area contributed by atoms with E-state index >= 15 is 0 Å². The van der Waals surface area contributed by atoms with Crippen LogP contribution in [0, 0.1) is 0 Å². The second kappa shape index (κ2) is 4.70. The molecule has 1 nitrogen and oxygen atoms in total. The summed E-state index contributed by atoms with van der Waals surface area (Å²) >= 11 is 0. The number of unbranched alkanes of at least 4 members (excludes halogenated alkanes) is 1. The predicted molar refractivity (Wildman–Crippen MR) is 59.4 cm³/mol. The van der Waals surface area contributed by atoms with Crippen molar-refractivity contribution in [2.24, 2.45) is 0 Å². The molecule has 0 atom stereocenters. The number of rotatable bonds is 4. The zero-order valence-electron chi connectivity index (χ0n) is 8.22. The molecule has 13 heavy (non-hydrogen) atoms. The van der Waals surface area contributed by atoms with Gasteiger partial charge in [0.05, 0.1) is 0 Å². The molecule has 0 aromatic heterocycles. The van der Waals surface area contributed by atoms with Crippen molar-refractivity contribution in [2.75, 3.05) is 5.73 Å². The first kappa shape index (κ1) is 9.85. The SMILES string of the molecule is C=C(CCCC)c1ccccc1N. The topological polar surface area (TPSA) is 26.0 Å². The summed E-state index contributed by atoms with van der Waals surface area (Å²) < 4.78 is 0. The van der Waals surface area contributed by atoms with Crippen LogP contribution in [-0.2, 0) is 0 Å². The fraction of sp³-hybridized carbons (Fsp3) is 0.333. The first-order valence-corrected chi connectivity index (χ1v) is 4.78. The van der Waals surface area contributed by atoms with Gasteiger partial charge in [-0.2, -0.15) is 0 Å². The average molecular weight is 175 g/mol. The maximum atomic E-state index is 5.83. The van der Waals surface area contributed by atoms with Crippen molar-refractivity contribution in [3.63, 3.8) is 0 Å². The van der Waals surface area contributed by atoms with E-state index in [1.807, 2.05) is 24.3 Å². The Bertz CT molecular complexity index is 289. The van der Waals surface area contributed by atoms with E-state index in [4.69, 9.17) is 5.73 Å². The summed E-state index contributed by atoms with van der Waals surface area (Å²) in [4.78, 5) is 0. The first-order valence-electron chi connectivity index (χ1n) is 4.78. The third kappa shape index (κ3) is 2.62. The summed E-state index contributed by atoms with van der Waals surface area (Å²) in [7, 11) is 0. The molecule has 0 fully saturated rings. The van der Waals surface area contributed by atoms with E-state index in [1.165, 1.54) is 12.8 Å². The van der Waals surface area contributed by atoms with E-state index in [2.05, 4.69) is 13.5 Å². The van der Waals surface area contributed by atoms with Gasteiger partial charge in [0.2, 0.25) is 0 Å². The minimum Gasteiger partial charge on any atom is -0.398 e. The Labute approximate surface area is 80.3 Å². The van der Waals surface area contributed by atoms with E-state index in [1.54, 1.807) is 0 Å². The molecular weight excluding hydrogens is 158 g/mol. The van der Waals surface area contributed by atoms with Gasteiger partial charge in [-0.1, -0.05) is 38.1 Å². The summed E-state index contributed by atoms with van der Waals surface area (Å²) in [5.74, 6) is 0. The standard InChI is InChI=1S/C12H17N/c1-3-4-7-10(2)11-8-5-6-9-12(11)13/h5-6,8-9H,2-4,7,13H2,1H3. The van der Waals surface area contributed by atoms with Crippen LogP contribution in [0.1, 0.15) is 31.7 Å². The van der Waals surface area contributed by atoms with Gasteiger partial charge >= 0.3 is 0 Å². The Balaban J connectivity index is 2.71. The largest absolute Gasteiger partial charge is 0.398 e. The highest BCUT2D eigenvalue weighted by atomic mass is 14.6. The van der Waals surface area contributed by atoms with Crippen molar-refractivity contribution in [1.29, 1.82) is 0 Å². The lowest BCUT2D eigenvalue weighted by molar-refractivity contribution is 0.825. The van der Waals surface area contributed by atoms with Crippen LogP contribution >= 0.6 is 0 Å². The monoisotopic (exact) mass is 175 g/mol. The zero-order valence-corrected chi connectivity index (χ0v) is 8.22. The van der Waals surface area contributed by atoms with E-state index in [-0.39, 0.29) is 0 Å². The third-order valence-corrected chi connectivity index (χ3v) is 2.17. The van der Waals surface area contributed by atoms with Gasteiger partial charge in [0, 0.05) is 5.69 Å². The molecule has 0 spiro atoms. The number of benzene rings is 1. The lowest BCUT2D eigenvalue weighted by Crippen LogP contribution is -1.92. The molecule has 2 N–H and O–H groups in total. The molecule has 0 unspecified atom stereocenters. The molecule has 0 heterocycles. The lowest BCUT2D eigenvalue weighted by Gasteiger charge is -2.07. The van der Waals surface area contributed by atoms with Crippen molar-refractivity contribution in [3.8, 4) is 0 Å². The number of allylic oxidation sites excluding steroid dienone is 1. The molecule has 0 saturated heterocycles. The average Bonchev–Trinajstić information content (AvgIpc) is 2.15. The van der Waals surface area contributed by atoms with Gasteiger partial charge in [0.1, 0.15) is 0 Å². The molecule has 1 aromatic rings. The summed E-state index contributed by atoms with van der Waals surface area (Å²) in [6, 6.07) is 7.91. The molecule has 1 aromatic carbocycles. The van der Waals surface area contributed by atoms with Crippen molar-refractivity contribution in [1.82, 2.24) is 0 Å². The molecule has 0 amide bonds. The molecule has 0 radical (unpaired) electrons. The van der Waals surface area contributed by atoms with Crippen molar-refractivity contribution < 1.29 is 0 Å². The highest BCUT2D eigenvalue weighted by molar-refractivity contribution is 5.73. The van der Waals surface area contributed by atoms with Gasteiger partial charge in [-0.05, 0) is 30.0 Å².